The summed E-state index contributed by atoms with van der Waals surface area (Å²) in [6, 6.07) is 0. The molecule has 1 fully saturated rings. The smallest absolute Gasteiger partial charge is 0.127 e. The van der Waals surface area contributed by atoms with Gasteiger partial charge in [0.2, 0.25) is 0 Å². The van der Waals surface area contributed by atoms with Crippen molar-refractivity contribution in [2.45, 2.75) is 55.4 Å². The van der Waals surface area contributed by atoms with E-state index in [-0.39, 0.29) is 0 Å². The SMILES string of the molecule is C=C/C(=C\C=C(C)C)S(=O)N1CCN(CC(C)C)CC1.CC.CC. The average molecular weight is 357 g/mol. The van der Waals surface area contributed by atoms with Gasteiger partial charge in [-0.15, -0.1) is 0 Å². The molecule has 0 radical (unpaired) electrons. The van der Waals surface area contributed by atoms with E-state index in [4.69, 9.17) is 0 Å². The van der Waals surface area contributed by atoms with Gasteiger partial charge in [-0.25, -0.2) is 8.51 Å². The lowest BCUT2D eigenvalue weighted by Gasteiger charge is -2.34. The van der Waals surface area contributed by atoms with Crippen molar-refractivity contribution in [1.82, 2.24) is 9.21 Å². The van der Waals surface area contributed by atoms with E-state index in [0.717, 1.165) is 37.6 Å². The summed E-state index contributed by atoms with van der Waals surface area (Å²) in [5.74, 6) is 0.688. The van der Waals surface area contributed by atoms with E-state index in [1.807, 2.05) is 58.0 Å². The van der Waals surface area contributed by atoms with Gasteiger partial charge in [0.15, 0.2) is 0 Å². The van der Waals surface area contributed by atoms with Crippen LogP contribution in [-0.2, 0) is 11.0 Å². The van der Waals surface area contributed by atoms with Crippen LogP contribution in [0.4, 0.5) is 0 Å². The summed E-state index contributed by atoms with van der Waals surface area (Å²) in [7, 11) is -1.08. The number of hydrogen-bond acceptors (Lipinski definition) is 2. The lowest BCUT2D eigenvalue weighted by atomic mass is 10.2. The molecular weight excluding hydrogens is 316 g/mol. The predicted molar refractivity (Wildman–Crippen MR) is 111 cm³/mol. The molecule has 1 unspecified atom stereocenters. The van der Waals surface area contributed by atoms with E-state index < -0.39 is 11.0 Å². The van der Waals surface area contributed by atoms with Crippen molar-refractivity contribution in [2.75, 3.05) is 32.7 Å². The number of allylic oxidation sites excluding steroid dienone is 4. The molecule has 4 heteroatoms. The van der Waals surface area contributed by atoms with Crippen LogP contribution in [0.3, 0.4) is 0 Å². The van der Waals surface area contributed by atoms with Gasteiger partial charge in [-0.2, -0.15) is 0 Å². The Hall–Kier alpha value is -0.710. The van der Waals surface area contributed by atoms with Crippen LogP contribution >= 0.6 is 0 Å². The summed E-state index contributed by atoms with van der Waals surface area (Å²) < 4.78 is 14.6. The Morgan fingerprint density at radius 1 is 1.04 bits per heavy atom. The van der Waals surface area contributed by atoms with Crippen LogP contribution in [0.5, 0.6) is 0 Å². The average Bonchev–Trinajstić information content (AvgIpc) is 2.58. The maximum absolute atomic E-state index is 12.5. The third-order valence-electron chi connectivity index (χ3n) is 3.17. The molecule has 0 aliphatic carbocycles. The molecule has 24 heavy (non-hydrogen) atoms. The lowest BCUT2D eigenvalue weighted by molar-refractivity contribution is 0.176. The molecule has 0 saturated carbocycles. The highest BCUT2D eigenvalue weighted by Crippen LogP contribution is 2.14. The van der Waals surface area contributed by atoms with Crippen molar-refractivity contribution in [3.05, 3.63) is 35.3 Å². The first kappa shape index (κ1) is 25.5. The molecule has 1 saturated heterocycles. The van der Waals surface area contributed by atoms with Gasteiger partial charge in [0.1, 0.15) is 11.0 Å². The summed E-state index contributed by atoms with van der Waals surface area (Å²) in [5, 5.41) is 0. The lowest BCUT2D eigenvalue weighted by Crippen LogP contribution is -2.47. The van der Waals surface area contributed by atoms with Gasteiger partial charge in [0.25, 0.3) is 0 Å². The van der Waals surface area contributed by atoms with Crippen molar-refractivity contribution in [2.24, 2.45) is 5.92 Å². The fourth-order valence-corrected chi connectivity index (χ4v) is 3.31. The second kappa shape index (κ2) is 15.8. The van der Waals surface area contributed by atoms with Crippen molar-refractivity contribution in [1.29, 1.82) is 0 Å². The molecule has 3 nitrogen and oxygen atoms in total. The zero-order valence-electron chi connectivity index (χ0n) is 17.3. The van der Waals surface area contributed by atoms with E-state index in [2.05, 4.69) is 25.3 Å². The Labute approximate surface area is 154 Å². The Bertz CT molecular complexity index is 402. The standard InChI is InChI=1S/C16H28N2OS.2C2H6/c1-6-16(8-7-14(2)3)20(19)18-11-9-17(10-12-18)13-15(4)5;2*1-2/h6-8,15H,1,9-13H2,2-5H3;2*1-2H3/b16-8+;;. The highest BCUT2D eigenvalue weighted by Gasteiger charge is 2.22. The predicted octanol–water partition coefficient (Wildman–Crippen LogP) is 5.01. The summed E-state index contributed by atoms with van der Waals surface area (Å²) in [6.07, 6.45) is 5.61. The first-order valence-electron chi connectivity index (χ1n) is 9.31. The van der Waals surface area contributed by atoms with Crippen molar-refractivity contribution < 1.29 is 4.21 Å². The van der Waals surface area contributed by atoms with E-state index in [9.17, 15) is 4.21 Å². The minimum atomic E-state index is -1.08. The van der Waals surface area contributed by atoms with Crippen molar-refractivity contribution in [3.8, 4) is 0 Å². The molecule has 0 bridgehead atoms. The molecule has 1 atom stereocenters. The maximum Gasteiger partial charge on any atom is 0.127 e. The minimum Gasteiger partial charge on any atom is -0.300 e. The van der Waals surface area contributed by atoms with Gasteiger partial charge in [-0.1, -0.05) is 65.8 Å². The third-order valence-corrected chi connectivity index (χ3v) is 4.71. The summed E-state index contributed by atoms with van der Waals surface area (Å²) in [4.78, 5) is 3.25. The topological polar surface area (TPSA) is 23.6 Å². The fourth-order valence-electron chi connectivity index (χ4n) is 2.19. The van der Waals surface area contributed by atoms with E-state index >= 15 is 0 Å². The van der Waals surface area contributed by atoms with Crippen LogP contribution in [0.1, 0.15) is 55.4 Å². The molecule has 0 aromatic heterocycles. The molecular formula is C20H40N2OS. The third kappa shape index (κ3) is 11.0. The first-order valence-corrected chi connectivity index (χ1v) is 10.4. The first-order chi connectivity index (χ1) is 11.4. The van der Waals surface area contributed by atoms with Crippen LogP contribution < -0.4 is 0 Å². The van der Waals surface area contributed by atoms with Crippen LogP contribution in [0.25, 0.3) is 0 Å². The molecule has 0 amide bonds. The van der Waals surface area contributed by atoms with E-state index in [0.29, 0.717) is 5.92 Å². The summed E-state index contributed by atoms with van der Waals surface area (Å²) >= 11 is 0. The van der Waals surface area contributed by atoms with Gasteiger partial charge in [0, 0.05) is 32.7 Å². The second-order valence-corrected chi connectivity index (χ2v) is 7.38. The molecule has 0 aromatic rings. The van der Waals surface area contributed by atoms with Gasteiger partial charge in [0.05, 0.1) is 4.91 Å². The molecule has 1 aliphatic rings. The highest BCUT2D eigenvalue weighted by atomic mass is 32.2. The van der Waals surface area contributed by atoms with Crippen molar-refractivity contribution >= 4 is 11.0 Å². The Morgan fingerprint density at radius 3 is 1.92 bits per heavy atom. The summed E-state index contributed by atoms with van der Waals surface area (Å²) in [6.45, 7) is 25.2. The maximum atomic E-state index is 12.5. The number of nitrogens with zero attached hydrogens (tertiary/aromatic N) is 2. The zero-order valence-corrected chi connectivity index (χ0v) is 18.1. The quantitative estimate of drug-likeness (QED) is 0.624. The van der Waals surface area contributed by atoms with Gasteiger partial charge in [-0.3, -0.25) is 0 Å². The van der Waals surface area contributed by atoms with Crippen LogP contribution in [0.2, 0.25) is 0 Å². The number of hydrogen-bond donors (Lipinski definition) is 0. The van der Waals surface area contributed by atoms with Gasteiger partial charge in [-0.05, 0) is 25.8 Å². The monoisotopic (exact) mass is 356 g/mol. The van der Waals surface area contributed by atoms with Gasteiger partial charge < -0.3 is 4.90 Å². The molecule has 1 heterocycles. The summed E-state index contributed by atoms with van der Waals surface area (Å²) in [5.41, 5.74) is 1.20. The van der Waals surface area contributed by atoms with Crippen LogP contribution in [-0.4, -0.2) is 46.1 Å². The Morgan fingerprint density at radius 2 is 1.54 bits per heavy atom. The molecule has 0 spiro atoms. The van der Waals surface area contributed by atoms with E-state index in [1.54, 1.807) is 6.08 Å². The molecule has 142 valence electrons. The highest BCUT2D eigenvalue weighted by molar-refractivity contribution is 7.86. The minimum absolute atomic E-state index is 0.688. The second-order valence-electron chi connectivity index (χ2n) is 5.89. The van der Waals surface area contributed by atoms with Crippen LogP contribution in [0.15, 0.2) is 35.3 Å². The molecule has 0 N–H and O–H groups in total. The van der Waals surface area contributed by atoms with Gasteiger partial charge >= 0.3 is 0 Å². The molecule has 0 aromatic carbocycles. The molecule has 1 aliphatic heterocycles. The Kier molecular flexibility index (Phi) is 16.8. The normalized spacial score (nSPS) is 17.1. The number of piperazine rings is 1. The fraction of sp³-hybridized carbons (Fsp3) is 0.700. The van der Waals surface area contributed by atoms with E-state index in [1.165, 1.54) is 5.57 Å². The number of rotatable bonds is 6. The largest absolute Gasteiger partial charge is 0.300 e. The molecule has 1 rings (SSSR count). The Balaban J connectivity index is 0. The van der Waals surface area contributed by atoms with Crippen molar-refractivity contribution in [3.63, 3.8) is 0 Å². The van der Waals surface area contributed by atoms with Crippen LogP contribution in [0, 0.1) is 5.92 Å². The zero-order chi connectivity index (χ0) is 19.1.